The van der Waals surface area contributed by atoms with Crippen LogP contribution in [0.25, 0.3) is 0 Å². The van der Waals surface area contributed by atoms with E-state index < -0.39 is 11.9 Å². The first-order valence-electron chi connectivity index (χ1n) is 6.52. The molecule has 98 valence electrons. The number of amides is 1. The molecule has 0 aromatic carbocycles. The zero-order chi connectivity index (χ0) is 13.0. The highest BCUT2D eigenvalue weighted by Gasteiger charge is 2.36. The molecular formula is C13H23NO3. The summed E-state index contributed by atoms with van der Waals surface area (Å²) in [5.41, 5.74) is 0. The highest BCUT2D eigenvalue weighted by molar-refractivity contribution is 5.96. The van der Waals surface area contributed by atoms with Crippen molar-refractivity contribution in [2.24, 2.45) is 11.8 Å². The number of aliphatic carboxylic acids is 1. The second-order valence-corrected chi connectivity index (χ2v) is 5.07. The molecule has 1 heterocycles. The number of likely N-dealkylation sites (tertiary alicyclic amines) is 1. The van der Waals surface area contributed by atoms with Crippen LogP contribution in [0.1, 0.15) is 46.5 Å². The predicted octanol–water partition coefficient (Wildman–Crippen LogP) is 2.13. The smallest absolute Gasteiger partial charge is 0.315 e. The molecule has 4 heteroatoms. The van der Waals surface area contributed by atoms with E-state index in [1.807, 2.05) is 0 Å². The summed E-state index contributed by atoms with van der Waals surface area (Å²) in [6.45, 7) is 6.49. The zero-order valence-corrected chi connectivity index (χ0v) is 11.0. The van der Waals surface area contributed by atoms with Crippen molar-refractivity contribution in [3.05, 3.63) is 0 Å². The number of carbonyl (C=O) groups excluding carboxylic acids is 1. The van der Waals surface area contributed by atoms with Crippen molar-refractivity contribution in [2.75, 3.05) is 6.54 Å². The Morgan fingerprint density at radius 1 is 1.41 bits per heavy atom. The predicted molar refractivity (Wildman–Crippen MR) is 65.6 cm³/mol. The lowest BCUT2D eigenvalue weighted by molar-refractivity contribution is -0.151. The van der Waals surface area contributed by atoms with Gasteiger partial charge in [0.1, 0.15) is 5.92 Å². The van der Waals surface area contributed by atoms with Crippen LogP contribution in [0, 0.1) is 11.8 Å². The summed E-state index contributed by atoms with van der Waals surface area (Å²) in [6.07, 6.45) is 4.21. The van der Waals surface area contributed by atoms with Gasteiger partial charge in [0.15, 0.2) is 0 Å². The van der Waals surface area contributed by atoms with Crippen LogP contribution < -0.4 is 0 Å². The number of hydrogen-bond acceptors (Lipinski definition) is 2. The maximum atomic E-state index is 12.1. The van der Waals surface area contributed by atoms with Crippen molar-refractivity contribution >= 4 is 11.9 Å². The van der Waals surface area contributed by atoms with E-state index in [1.165, 1.54) is 6.92 Å². The van der Waals surface area contributed by atoms with Gasteiger partial charge >= 0.3 is 5.97 Å². The highest BCUT2D eigenvalue weighted by atomic mass is 16.4. The molecule has 1 amide bonds. The number of carbonyl (C=O) groups is 2. The first kappa shape index (κ1) is 14.0. The lowest BCUT2D eigenvalue weighted by Gasteiger charge is -2.30. The van der Waals surface area contributed by atoms with E-state index in [9.17, 15) is 9.59 Å². The molecule has 0 aliphatic carbocycles. The maximum Gasteiger partial charge on any atom is 0.315 e. The van der Waals surface area contributed by atoms with E-state index in [0.29, 0.717) is 5.92 Å². The Kier molecular flexibility index (Phi) is 4.97. The molecule has 1 aliphatic rings. The molecule has 3 atom stereocenters. The van der Waals surface area contributed by atoms with E-state index in [2.05, 4.69) is 13.8 Å². The third-order valence-corrected chi connectivity index (χ3v) is 3.72. The van der Waals surface area contributed by atoms with Gasteiger partial charge in [-0.15, -0.1) is 0 Å². The van der Waals surface area contributed by atoms with Gasteiger partial charge in [0.2, 0.25) is 5.91 Å². The fourth-order valence-corrected chi connectivity index (χ4v) is 2.66. The van der Waals surface area contributed by atoms with Gasteiger partial charge in [-0.25, -0.2) is 0 Å². The van der Waals surface area contributed by atoms with Gasteiger partial charge in [-0.2, -0.15) is 0 Å². The minimum absolute atomic E-state index is 0.219. The van der Waals surface area contributed by atoms with Crippen molar-refractivity contribution in [3.8, 4) is 0 Å². The van der Waals surface area contributed by atoms with Crippen LogP contribution in [-0.2, 0) is 9.59 Å². The molecule has 0 bridgehead atoms. The minimum Gasteiger partial charge on any atom is -0.481 e. The topological polar surface area (TPSA) is 57.6 Å². The van der Waals surface area contributed by atoms with Crippen LogP contribution >= 0.6 is 0 Å². The SMILES string of the molecule is CCCC(C)C1CCCN1C(=O)C(C)C(=O)O. The molecule has 0 aromatic heterocycles. The average molecular weight is 241 g/mol. The van der Waals surface area contributed by atoms with Gasteiger partial charge in [-0.3, -0.25) is 9.59 Å². The Bertz CT molecular complexity index is 290. The molecule has 0 radical (unpaired) electrons. The summed E-state index contributed by atoms with van der Waals surface area (Å²) < 4.78 is 0. The summed E-state index contributed by atoms with van der Waals surface area (Å²) in [5, 5.41) is 8.89. The third kappa shape index (κ3) is 3.20. The van der Waals surface area contributed by atoms with Crippen LogP contribution in [0.15, 0.2) is 0 Å². The Morgan fingerprint density at radius 2 is 2.06 bits per heavy atom. The molecule has 3 unspecified atom stereocenters. The third-order valence-electron chi connectivity index (χ3n) is 3.72. The van der Waals surface area contributed by atoms with Crippen LogP contribution in [0.3, 0.4) is 0 Å². The van der Waals surface area contributed by atoms with E-state index in [0.717, 1.165) is 32.2 Å². The maximum absolute atomic E-state index is 12.1. The van der Waals surface area contributed by atoms with Crippen LogP contribution in [0.4, 0.5) is 0 Å². The molecular weight excluding hydrogens is 218 g/mol. The molecule has 1 N–H and O–H groups in total. The normalized spacial score (nSPS) is 23.5. The van der Waals surface area contributed by atoms with E-state index in [-0.39, 0.29) is 11.9 Å². The largest absolute Gasteiger partial charge is 0.481 e. The second-order valence-electron chi connectivity index (χ2n) is 5.07. The van der Waals surface area contributed by atoms with Gasteiger partial charge in [0.25, 0.3) is 0 Å². The Balaban J connectivity index is 2.68. The number of nitrogens with zero attached hydrogens (tertiary/aromatic N) is 1. The molecule has 0 aromatic rings. The van der Waals surface area contributed by atoms with Gasteiger partial charge in [0, 0.05) is 12.6 Å². The molecule has 4 nitrogen and oxygen atoms in total. The lowest BCUT2D eigenvalue weighted by Crippen LogP contribution is -2.43. The van der Waals surface area contributed by atoms with Crippen LogP contribution in [0.2, 0.25) is 0 Å². The zero-order valence-electron chi connectivity index (χ0n) is 11.0. The van der Waals surface area contributed by atoms with Gasteiger partial charge in [-0.05, 0) is 32.1 Å². The summed E-state index contributed by atoms with van der Waals surface area (Å²) in [4.78, 5) is 24.7. The standard InChI is InChI=1S/C13H23NO3/c1-4-6-9(2)11-7-5-8-14(11)12(15)10(3)13(16)17/h9-11H,4-8H2,1-3H3,(H,16,17). The molecule has 1 fully saturated rings. The van der Waals surface area contributed by atoms with E-state index >= 15 is 0 Å². The molecule has 0 spiro atoms. The second kappa shape index (κ2) is 6.03. The average Bonchev–Trinajstić information content (AvgIpc) is 2.76. The molecule has 17 heavy (non-hydrogen) atoms. The molecule has 1 rings (SSSR count). The van der Waals surface area contributed by atoms with Crippen molar-refractivity contribution in [1.82, 2.24) is 4.90 Å². The van der Waals surface area contributed by atoms with Crippen LogP contribution in [-0.4, -0.2) is 34.5 Å². The number of hydrogen-bond donors (Lipinski definition) is 1. The summed E-state index contributed by atoms with van der Waals surface area (Å²) in [7, 11) is 0. The van der Waals surface area contributed by atoms with E-state index in [4.69, 9.17) is 5.11 Å². The first-order valence-corrected chi connectivity index (χ1v) is 6.52. The van der Waals surface area contributed by atoms with Gasteiger partial charge < -0.3 is 10.0 Å². The summed E-state index contributed by atoms with van der Waals surface area (Å²) in [6, 6.07) is 0.240. The van der Waals surface area contributed by atoms with E-state index in [1.54, 1.807) is 4.90 Å². The van der Waals surface area contributed by atoms with Gasteiger partial charge in [-0.1, -0.05) is 20.3 Å². The lowest BCUT2D eigenvalue weighted by atomic mass is 9.94. The van der Waals surface area contributed by atoms with Crippen molar-refractivity contribution < 1.29 is 14.7 Å². The Labute approximate surface area is 103 Å². The van der Waals surface area contributed by atoms with Crippen molar-refractivity contribution in [1.29, 1.82) is 0 Å². The number of carboxylic acid groups (broad SMARTS) is 1. The molecule has 1 saturated heterocycles. The monoisotopic (exact) mass is 241 g/mol. The number of carboxylic acids is 1. The molecule has 0 saturated carbocycles. The minimum atomic E-state index is -1.02. The Hall–Kier alpha value is -1.06. The first-order chi connectivity index (χ1) is 7.99. The number of rotatable bonds is 5. The highest BCUT2D eigenvalue weighted by Crippen LogP contribution is 2.28. The van der Waals surface area contributed by atoms with Gasteiger partial charge in [0.05, 0.1) is 0 Å². The fourth-order valence-electron chi connectivity index (χ4n) is 2.66. The van der Waals surface area contributed by atoms with Crippen molar-refractivity contribution in [3.63, 3.8) is 0 Å². The van der Waals surface area contributed by atoms with Crippen molar-refractivity contribution in [2.45, 2.75) is 52.5 Å². The summed E-state index contributed by atoms with van der Waals surface area (Å²) >= 11 is 0. The summed E-state index contributed by atoms with van der Waals surface area (Å²) in [5.74, 6) is -1.69. The fraction of sp³-hybridized carbons (Fsp3) is 0.846. The quantitative estimate of drug-likeness (QED) is 0.750. The Morgan fingerprint density at radius 3 is 2.59 bits per heavy atom. The molecule has 1 aliphatic heterocycles. The van der Waals surface area contributed by atoms with Crippen LogP contribution in [0.5, 0.6) is 0 Å².